The molecule has 0 atom stereocenters. The molecule has 0 aliphatic carbocycles. The van der Waals surface area contributed by atoms with Crippen LogP contribution in [0.4, 0.5) is 17.1 Å². The van der Waals surface area contributed by atoms with Crippen LogP contribution in [0.25, 0.3) is 0 Å². The molecule has 0 radical (unpaired) electrons. The largest absolute Gasteiger partial charge is 0.292 e. The number of terminal acetylenes is 1. The zero-order valence-corrected chi connectivity index (χ0v) is 18.7. The highest BCUT2D eigenvalue weighted by atomic mass is 35.5. The Balaban J connectivity index is 2.19. The van der Waals surface area contributed by atoms with E-state index in [4.69, 9.17) is 29.6 Å². The SMILES string of the molecule is C#CC[N+](=CC=C1N(CC)c2cc(Cl)c(Cl)cc2[N+]1(CC)CC)c1ccccc1. The summed E-state index contributed by atoms with van der Waals surface area (Å²) in [6.07, 6.45) is 9.90. The molecule has 0 fully saturated rings. The summed E-state index contributed by atoms with van der Waals surface area (Å²) >= 11 is 12.8. The van der Waals surface area contributed by atoms with E-state index < -0.39 is 0 Å². The number of hydrogen-bond donors (Lipinski definition) is 0. The first-order valence-corrected chi connectivity index (χ1v) is 10.7. The molecule has 0 bridgehead atoms. The lowest BCUT2D eigenvalue weighted by atomic mass is 10.2. The molecule has 3 rings (SSSR count). The minimum Gasteiger partial charge on any atom is -0.292 e. The second-order valence-electron chi connectivity index (χ2n) is 6.94. The smallest absolute Gasteiger partial charge is 0.219 e. The molecular formula is C24H27Cl2N3+2. The second kappa shape index (κ2) is 9.05. The van der Waals surface area contributed by atoms with Gasteiger partial charge in [-0.3, -0.25) is 4.90 Å². The maximum atomic E-state index is 6.40. The Morgan fingerprint density at radius 1 is 1.07 bits per heavy atom. The molecule has 1 heterocycles. The van der Waals surface area contributed by atoms with Gasteiger partial charge in [-0.2, -0.15) is 4.58 Å². The summed E-state index contributed by atoms with van der Waals surface area (Å²) in [6.45, 7) is 9.74. The number of halogens is 2. The highest BCUT2D eigenvalue weighted by Gasteiger charge is 2.46. The van der Waals surface area contributed by atoms with Crippen molar-refractivity contribution in [2.75, 3.05) is 31.1 Å². The third-order valence-electron chi connectivity index (χ3n) is 5.63. The molecular weight excluding hydrogens is 401 g/mol. The lowest BCUT2D eigenvalue weighted by molar-refractivity contribution is -0.420. The van der Waals surface area contributed by atoms with E-state index in [9.17, 15) is 0 Å². The minimum absolute atomic E-state index is 0.503. The molecule has 29 heavy (non-hydrogen) atoms. The van der Waals surface area contributed by atoms with E-state index in [1.54, 1.807) is 0 Å². The van der Waals surface area contributed by atoms with E-state index in [0.29, 0.717) is 16.6 Å². The molecule has 3 nitrogen and oxygen atoms in total. The van der Waals surface area contributed by atoms with Crippen molar-refractivity contribution in [1.29, 1.82) is 0 Å². The van der Waals surface area contributed by atoms with Crippen molar-refractivity contribution in [2.45, 2.75) is 20.8 Å². The summed E-state index contributed by atoms with van der Waals surface area (Å²) in [5.74, 6) is 3.96. The van der Waals surface area contributed by atoms with Gasteiger partial charge in [0.15, 0.2) is 11.9 Å². The summed E-state index contributed by atoms with van der Waals surface area (Å²) in [7, 11) is 0. The molecule has 150 valence electrons. The molecule has 0 amide bonds. The molecule has 2 aromatic rings. The van der Waals surface area contributed by atoms with Gasteiger partial charge in [0, 0.05) is 24.7 Å². The normalized spacial score (nSPS) is 16.8. The lowest BCUT2D eigenvalue weighted by Gasteiger charge is -2.33. The molecule has 1 aliphatic heterocycles. The van der Waals surface area contributed by atoms with Gasteiger partial charge >= 0.3 is 0 Å². The van der Waals surface area contributed by atoms with Crippen LogP contribution >= 0.6 is 23.2 Å². The monoisotopic (exact) mass is 427 g/mol. The first-order valence-electron chi connectivity index (χ1n) is 9.97. The van der Waals surface area contributed by atoms with Gasteiger partial charge in [-0.15, -0.1) is 6.42 Å². The standard InChI is InChI=1S/C24H27Cl2N3/c1-5-15-27(19-12-10-9-11-13-19)16-14-24-28(6-2)22-17-20(25)21(26)18-23(22)29(24,7-3)8-4/h1,9-14,16-18H,6-8,15H2,2-4H3/q+2. The summed E-state index contributed by atoms with van der Waals surface area (Å²) in [5.41, 5.74) is 3.38. The third kappa shape index (κ3) is 3.81. The van der Waals surface area contributed by atoms with E-state index in [1.165, 1.54) is 11.5 Å². The van der Waals surface area contributed by atoms with Gasteiger partial charge in [-0.1, -0.05) is 41.4 Å². The number of rotatable bonds is 6. The second-order valence-corrected chi connectivity index (χ2v) is 7.76. The highest BCUT2D eigenvalue weighted by Crippen LogP contribution is 2.49. The van der Waals surface area contributed by atoms with Crippen LogP contribution in [0.2, 0.25) is 10.0 Å². The predicted molar refractivity (Wildman–Crippen MR) is 127 cm³/mol. The molecule has 0 N–H and O–H groups in total. The van der Waals surface area contributed by atoms with Crippen molar-refractivity contribution in [1.82, 2.24) is 4.48 Å². The number of fused-ring (bicyclic) bond motifs is 1. The Hall–Kier alpha value is -2.25. The molecule has 0 aromatic heterocycles. The van der Waals surface area contributed by atoms with E-state index >= 15 is 0 Å². The topological polar surface area (TPSA) is 6.25 Å². The van der Waals surface area contributed by atoms with Crippen LogP contribution in [0.5, 0.6) is 0 Å². The minimum atomic E-state index is 0.503. The van der Waals surface area contributed by atoms with Crippen molar-refractivity contribution in [3.05, 3.63) is 64.4 Å². The molecule has 5 heteroatoms. The van der Waals surface area contributed by atoms with Crippen LogP contribution < -0.4 is 9.38 Å². The molecule has 0 spiro atoms. The van der Waals surface area contributed by atoms with Crippen LogP contribution in [0, 0.1) is 12.3 Å². The molecule has 0 saturated carbocycles. The average molecular weight is 428 g/mol. The van der Waals surface area contributed by atoms with Crippen molar-refractivity contribution >= 4 is 46.5 Å². The summed E-state index contributed by atoms with van der Waals surface area (Å²) in [4.78, 5) is 2.32. The van der Waals surface area contributed by atoms with Crippen LogP contribution in [-0.4, -0.2) is 37.0 Å². The maximum absolute atomic E-state index is 6.40. The van der Waals surface area contributed by atoms with Gasteiger partial charge < -0.3 is 0 Å². The Morgan fingerprint density at radius 2 is 1.72 bits per heavy atom. The zero-order valence-electron chi connectivity index (χ0n) is 17.2. The summed E-state index contributed by atoms with van der Waals surface area (Å²) in [6, 6.07) is 14.2. The van der Waals surface area contributed by atoms with Gasteiger partial charge in [0.05, 0.1) is 29.2 Å². The van der Waals surface area contributed by atoms with Crippen molar-refractivity contribution in [3.63, 3.8) is 0 Å². The van der Waals surface area contributed by atoms with Crippen LogP contribution in [-0.2, 0) is 0 Å². The Kier molecular flexibility index (Phi) is 6.70. The fraction of sp³-hybridized carbons (Fsp3) is 0.292. The van der Waals surface area contributed by atoms with Crippen molar-refractivity contribution in [3.8, 4) is 12.3 Å². The first kappa shape index (κ1) is 21.5. The van der Waals surface area contributed by atoms with Crippen LogP contribution in [0.1, 0.15) is 20.8 Å². The van der Waals surface area contributed by atoms with Crippen molar-refractivity contribution in [2.24, 2.45) is 0 Å². The van der Waals surface area contributed by atoms with Gasteiger partial charge in [0.1, 0.15) is 5.69 Å². The molecule has 2 aromatic carbocycles. The first-order chi connectivity index (χ1) is 14.0. The third-order valence-corrected chi connectivity index (χ3v) is 6.36. The number of quaternary nitrogens is 1. The zero-order chi connectivity index (χ0) is 21.0. The average Bonchev–Trinajstić information content (AvgIpc) is 3.00. The Labute approximate surface area is 184 Å². The molecule has 0 unspecified atom stereocenters. The number of hydrogen-bond acceptors (Lipinski definition) is 1. The van der Waals surface area contributed by atoms with Gasteiger partial charge in [-0.25, -0.2) is 4.48 Å². The Morgan fingerprint density at radius 3 is 2.31 bits per heavy atom. The van der Waals surface area contributed by atoms with Gasteiger partial charge in [0.2, 0.25) is 18.1 Å². The summed E-state index contributed by atoms with van der Waals surface area (Å²) in [5, 5.41) is 1.17. The number of benzene rings is 2. The fourth-order valence-electron chi connectivity index (χ4n) is 4.12. The van der Waals surface area contributed by atoms with Gasteiger partial charge in [-0.05, 0) is 32.8 Å². The number of allylic oxidation sites excluding steroid dienone is 1. The summed E-state index contributed by atoms with van der Waals surface area (Å²) < 4.78 is 2.80. The number of para-hydroxylation sites is 1. The van der Waals surface area contributed by atoms with Crippen LogP contribution in [0.15, 0.2) is 54.4 Å². The van der Waals surface area contributed by atoms with Crippen LogP contribution in [0.3, 0.4) is 0 Å². The van der Waals surface area contributed by atoms with E-state index in [0.717, 1.165) is 35.5 Å². The maximum Gasteiger partial charge on any atom is 0.219 e. The quantitative estimate of drug-likeness (QED) is 0.234. The highest BCUT2D eigenvalue weighted by molar-refractivity contribution is 6.42. The number of nitrogens with zero attached hydrogens (tertiary/aromatic N) is 3. The lowest BCUT2D eigenvalue weighted by Crippen LogP contribution is -2.48. The van der Waals surface area contributed by atoms with Crippen molar-refractivity contribution < 1.29 is 4.58 Å². The van der Waals surface area contributed by atoms with Gasteiger partial charge in [0.25, 0.3) is 0 Å². The molecule has 0 saturated heterocycles. The Bertz CT molecular complexity index is 983. The van der Waals surface area contributed by atoms with E-state index in [2.05, 4.69) is 60.6 Å². The predicted octanol–water partition coefficient (Wildman–Crippen LogP) is 6.07. The van der Waals surface area contributed by atoms with E-state index in [1.807, 2.05) is 30.3 Å². The fourth-order valence-corrected chi connectivity index (χ4v) is 4.44. The number of anilines is 1. The van der Waals surface area contributed by atoms with E-state index in [-0.39, 0.29) is 0 Å². The molecule has 1 aliphatic rings.